The Bertz CT molecular complexity index is 727. The van der Waals surface area contributed by atoms with Gasteiger partial charge in [-0.2, -0.15) is 0 Å². The summed E-state index contributed by atoms with van der Waals surface area (Å²) in [6, 6.07) is 12.1. The van der Waals surface area contributed by atoms with Crippen molar-refractivity contribution in [2.24, 2.45) is 0 Å². The van der Waals surface area contributed by atoms with E-state index in [0.717, 1.165) is 30.6 Å². The topological polar surface area (TPSA) is 55.4 Å². The molecule has 2 aromatic rings. The summed E-state index contributed by atoms with van der Waals surface area (Å²) in [5.41, 5.74) is 2.71. The number of fused-ring (bicyclic) bond motifs is 1. The molecule has 0 spiro atoms. The fourth-order valence-electron chi connectivity index (χ4n) is 3.28. The number of ether oxygens (including phenoxy) is 1. The minimum absolute atomic E-state index is 0.0365. The molecule has 1 aromatic heterocycles. The molecule has 0 radical (unpaired) electrons. The lowest BCUT2D eigenvalue weighted by atomic mass is 9.89. The van der Waals surface area contributed by atoms with Crippen molar-refractivity contribution in [2.75, 3.05) is 13.2 Å². The zero-order chi connectivity index (χ0) is 18.2. The molecular weight excluding hydrogens is 346 g/mol. The van der Waals surface area contributed by atoms with Crippen LogP contribution >= 0.6 is 11.3 Å². The van der Waals surface area contributed by atoms with Crippen molar-refractivity contribution < 1.29 is 14.3 Å². The third-order valence-electron chi connectivity index (χ3n) is 4.65. The molecule has 0 fully saturated rings. The maximum absolute atomic E-state index is 11.9. The number of ketones is 1. The van der Waals surface area contributed by atoms with Gasteiger partial charge < -0.3 is 10.1 Å². The molecule has 1 amide bonds. The van der Waals surface area contributed by atoms with Crippen LogP contribution in [0.3, 0.4) is 0 Å². The quantitative estimate of drug-likeness (QED) is 0.528. The normalized spacial score (nSPS) is 16.1. The first-order valence-corrected chi connectivity index (χ1v) is 10.1. The number of aryl methyl sites for hydroxylation is 1. The predicted molar refractivity (Wildman–Crippen MR) is 104 cm³/mol. The molecule has 0 saturated heterocycles. The third-order valence-corrected chi connectivity index (χ3v) is 5.56. The van der Waals surface area contributed by atoms with Crippen molar-refractivity contribution >= 4 is 23.0 Å². The number of rotatable bonds is 9. The fourth-order valence-corrected chi connectivity index (χ4v) is 3.98. The van der Waals surface area contributed by atoms with Crippen LogP contribution in [0, 0.1) is 0 Å². The van der Waals surface area contributed by atoms with Gasteiger partial charge in [0.2, 0.25) is 5.91 Å². The molecule has 0 bridgehead atoms. The molecule has 0 saturated carbocycles. The van der Waals surface area contributed by atoms with Gasteiger partial charge in [-0.1, -0.05) is 30.3 Å². The molecule has 5 heteroatoms. The maximum atomic E-state index is 11.9. The number of amides is 1. The number of carbonyl (C=O) groups excluding carboxylic acids is 2. The Morgan fingerprint density at radius 2 is 2.04 bits per heavy atom. The van der Waals surface area contributed by atoms with Crippen molar-refractivity contribution in [1.82, 2.24) is 5.32 Å². The minimum atomic E-state index is -0.0714. The van der Waals surface area contributed by atoms with Crippen molar-refractivity contribution in [3.8, 4) is 0 Å². The van der Waals surface area contributed by atoms with Crippen molar-refractivity contribution in [3.63, 3.8) is 0 Å². The first-order valence-electron chi connectivity index (χ1n) is 9.27. The molecule has 4 nitrogen and oxygen atoms in total. The lowest BCUT2D eigenvalue weighted by molar-refractivity contribution is -0.121. The average Bonchev–Trinajstić information content (AvgIpc) is 3.21. The van der Waals surface area contributed by atoms with Crippen LogP contribution in [-0.4, -0.2) is 24.8 Å². The van der Waals surface area contributed by atoms with E-state index in [0.29, 0.717) is 13.2 Å². The van der Waals surface area contributed by atoms with Crippen LogP contribution in [0.25, 0.3) is 0 Å². The van der Waals surface area contributed by atoms with Crippen LogP contribution in [0.15, 0.2) is 41.8 Å². The molecule has 3 rings (SSSR count). The van der Waals surface area contributed by atoms with Gasteiger partial charge in [-0.3, -0.25) is 9.59 Å². The van der Waals surface area contributed by atoms with Gasteiger partial charge in [-0.05, 0) is 48.3 Å². The van der Waals surface area contributed by atoms with E-state index in [1.165, 1.54) is 22.5 Å². The second kappa shape index (κ2) is 9.64. The lowest BCUT2D eigenvalue weighted by Crippen LogP contribution is -2.26. The van der Waals surface area contributed by atoms with Crippen LogP contribution in [0.2, 0.25) is 0 Å². The number of hydrogen-bond donors (Lipinski definition) is 1. The standard InChI is InChI=1S/C21H25NO3S/c23-18(20-10-4-15-26-20)11-12-21(24)22-13-5-14-25-19-9-3-7-16-6-1-2-8-17(16)19/h1-2,4,6,8,10,15,19H,3,5,7,9,11-14H2,(H,22,24). The van der Waals surface area contributed by atoms with Gasteiger partial charge in [0.15, 0.2) is 5.78 Å². The summed E-state index contributed by atoms with van der Waals surface area (Å²) in [6.07, 6.45) is 4.83. The number of benzene rings is 1. The molecular formula is C21H25NO3S. The Labute approximate surface area is 158 Å². The van der Waals surface area contributed by atoms with E-state index in [1.54, 1.807) is 6.07 Å². The van der Waals surface area contributed by atoms with Crippen molar-refractivity contribution in [2.45, 2.75) is 44.6 Å². The Balaban J connectivity index is 1.30. The first-order chi connectivity index (χ1) is 12.7. The van der Waals surface area contributed by atoms with E-state index in [4.69, 9.17) is 4.74 Å². The smallest absolute Gasteiger partial charge is 0.220 e. The first kappa shape index (κ1) is 18.8. The number of Topliss-reactive ketones (excluding diaryl/α,β-unsaturated/α-hetero) is 1. The molecule has 1 atom stereocenters. The summed E-state index contributed by atoms with van der Waals surface area (Å²) >= 11 is 1.42. The summed E-state index contributed by atoms with van der Waals surface area (Å²) in [7, 11) is 0. The predicted octanol–water partition coefficient (Wildman–Crippen LogP) is 4.31. The molecule has 1 N–H and O–H groups in total. The fraction of sp³-hybridized carbons (Fsp3) is 0.429. The van der Waals surface area contributed by atoms with Crippen LogP contribution in [0.1, 0.15) is 59.0 Å². The van der Waals surface area contributed by atoms with E-state index < -0.39 is 0 Å². The van der Waals surface area contributed by atoms with Gasteiger partial charge in [0.25, 0.3) is 0 Å². The highest BCUT2D eigenvalue weighted by Crippen LogP contribution is 2.32. The summed E-state index contributed by atoms with van der Waals surface area (Å²) in [5, 5.41) is 4.75. The Morgan fingerprint density at radius 1 is 1.15 bits per heavy atom. The van der Waals surface area contributed by atoms with E-state index in [-0.39, 0.29) is 30.6 Å². The van der Waals surface area contributed by atoms with Gasteiger partial charge >= 0.3 is 0 Å². The van der Waals surface area contributed by atoms with Crippen LogP contribution in [-0.2, 0) is 16.0 Å². The van der Waals surface area contributed by atoms with Crippen LogP contribution in [0.5, 0.6) is 0 Å². The molecule has 138 valence electrons. The van der Waals surface area contributed by atoms with Gasteiger partial charge in [-0.15, -0.1) is 11.3 Å². The minimum Gasteiger partial charge on any atom is -0.373 e. The molecule has 1 heterocycles. The summed E-state index contributed by atoms with van der Waals surface area (Å²) < 4.78 is 6.03. The average molecular weight is 372 g/mol. The lowest BCUT2D eigenvalue weighted by Gasteiger charge is -2.25. The van der Waals surface area contributed by atoms with Crippen molar-refractivity contribution in [1.29, 1.82) is 0 Å². The third kappa shape index (κ3) is 5.26. The molecule has 1 aliphatic carbocycles. The summed E-state index contributed by atoms with van der Waals surface area (Å²) in [4.78, 5) is 24.4. The summed E-state index contributed by atoms with van der Waals surface area (Å²) in [6.45, 7) is 1.22. The molecule has 1 aromatic carbocycles. The Morgan fingerprint density at radius 3 is 2.88 bits per heavy atom. The second-order valence-electron chi connectivity index (χ2n) is 6.55. The van der Waals surface area contributed by atoms with Crippen LogP contribution < -0.4 is 5.32 Å². The van der Waals surface area contributed by atoms with Gasteiger partial charge in [0, 0.05) is 26.0 Å². The monoisotopic (exact) mass is 371 g/mol. The van der Waals surface area contributed by atoms with Gasteiger partial charge in [0.1, 0.15) is 0 Å². The summed E-state index contributed by atoms with van der Waals surface area (Å²) in [5.74, 6) is -0.0348. The van der Waals surface area contributed by atoms with E-state index in [1.807, 2.05) is 11.4 Å². The second-order valence-corrected chi connectivity index (χ2v) is 7.50. The number of thiophene rings is 1. The maximum Gasteiger partial charge on any atom is 0.220 e. The number of carbonyl (C=O) groups is 2. The highest BCUT2D eigenvalue weighted by molar-refractivity contribution is 7.12. The van der Waals surface area contributed by atoms with Gasteiger partial charge in [-0.25, -0.2) is 0 Å². The van der Waals surface area contributed by atoms with Crippen molar-refractivity contribution in [3.05, 3.63) is 57.8 Å². The number of nitrogens with one attached hydrogen (secondary N) is 1. The van der Waals surface area contributed by atoms with E-state index >= 15 is 0 Å². The Hall–Kier alpha value is -1.98. The zero-order valence-corrected chi connectivity index (χ0v) is 15.7. The highest BCUT2D eigenvalue weighted by Gasteiger charge is 2.19. The molecule has 26 heavy (non-hydrogen) atoms. The van der Waals surface area contributed by atoms with Gasteiger partial charge in [0.05, 0.1) is 11.0 Å². The Kier molecular flexibility index (Phi) is 6.97. The molecule has 1 unspecified atom stereocenters. The number of hydrogen-bond acceptors (Lipinski definition) is 4. The highest BCUT2D eigenvalue weighted by atomic mass is 32.1. The molecule has 1 aliphatic rings. The molecule has 0 aliphatic heterocycles. The van der Waals surface area contributed by atoms with E-state index in [2.05, 4.69) is 29.6 Å². The van der Waals surface area contributed by atoms with Crippen LogP contribution in [0.4, 0.5) is 0 Å². The zero-order valence-electron chi connectivity index (χ0n) is 14.9. The SMILES string of the molecule is O=C(CCC(=O)c1cccs1)NCCCOC1CCCc2ccccc21. The largest absolute Gasteiger partial charge is 0.373 e. The van der Waals surface area contributed by atoms with E-state index in [9.17, 15) is 9.59 Å².